The highest BCUT2D eigenvalue weighted by molar-refractivity contribution is 7.89. The molecule has 1 aromatic heterocycles. The number of nitrogens with one attached hydrogen (secondary N) is 1. The summed E-state index contributed by atoms with van der Waals surface area (Å²) in [6.45, 7) is 0.285. The van der Waals surface area contributed by atoms with Gasteiger partial charge in [-0.1, -0.05) is 36.4 Å². The molecule has 1 aliphatic heterocycles. The van der Waals surface area contributed by atoms with E-state index >= 15 is 0 Å². The summed E-state index contributed by atoms with van der Waals surface area (Å²) in [6, 6.07) is 24.2. The van der Waals surface area contributed by atoms with Crippen LogP contribution in [0.5, 0.6) is 11.5 Å². The number of amides is 1. The number of nitrogens with zero attached hydrogens (tertiary/aromatic N) is 2. The minimum absolute atomic E-state index is 0.118. The Bertz CT molecular complexity index is 1420. The number of pyridine rings is 1. The van der Waals surface area contributed by atoms with Crippen LogP contribution in [-0.4, -0.2) is 36.2 Å². The number of anilines is 1. The number of rotatable bonds is 6. The molecule has 1 fully saturated rings. The Hall–Kier alpha value is -3.75. The molecule has 1 saturated heterocycles. The molecule has 172 valence electrons. The van der Waals surface area contributed by atoms with E-state index in [0.717, 1.165) is 5.39 Å². The van der Waals surface area contributed by atoms with Gasteiger partial charge in [0.1, 0.15) is 22.4 Å². The van der Waals surface area contributed by atoms with Crippen LogP contribution in [0.3, 0.4) is 0 Å². The molecular weight excluding hydrogens is 450 g/mol. The Morgan fingerprint density at radius 3 is 2.44 bits per heavy atom. The third kappa shape index (κ3) is 4.37. The Kier molecular flexibility index (Phi) is 6.00. The van der Waals surface area contributed by atoms with E-state index in [4.69, 9.17) is 4.74 Å². The monoisotopic (exact) mass is 473 g/mol. The molecule has 0 radical (unpaired) electrons. The van der Waals surface area contributed by atoms with E-state index in [0.29, 0.717) is 35.5 Å². The highest BCUT2D eigenvalue weighted by Gasteiger charge is 2.40. The molecule has 1 aliphatic rings. The first kappa shape index (κ1) is 22.1. The van der Waals surface area contributed by atoms with Gasteiger partial charge in [0.25, 0.3) is 0 Å². The maximum atomic E-state index is 13.5. The molecule has 2 heterocycles. The van der Waals surface area contributed by atoms with Gasteiger partial charge in [-0.25, -0.2) is 8.42 Å². The summed E-state index contributed by atoms with van der Waals surface area (Å²) in [7, 11) is -3.90. The van der Waals surface area contributed by atoms with Crippen molar-refractivity contribution in [1.82, 2.24) is 9.29 Å². The zero-order chi connectivity index (χ0) is 23.5. The summed E-state index contributed by atoms with van der Waals surface area (Å²) >= 11 is 0. The third-order valence-electron chi connectivity index (χ3n) is 5.79. The van der Waals surface area contributed by atoms with E-state index in [1.54, 1.807) is 48.7 Å². The van der Waals surface area contributed by atoms with E-state index in [-0.39, 0.29) is 17.3 Å². The Morgan fingerprint density at radius 1 is 0.912 bits per heavy atom. The summed E-state index contributed by atoms with van der Waals surface area (Å²) in [4.78, 5) is 17.5. The molecule has 1 unspecified atom stereocenters. The van der Waals surface area contributed by atoms with Gasteiger partial charge in [-0.15, -0.1) is 0 Å². The lowest BCUT2D eigenvalue weighted by Gasteiger charge is -2.24. The van der Waals surface area contributed by atoms with Gasteiger partial charge >= 0.3 is 0 Å². The van der Waals surface area contributed by atoms with Crippen LogP contribution in [0.4, 0.5) is 5.69 Å². The van der Waals surface area contributed by atoms with Crippen molar-refractivity contribution in [2.75, 3.05) is 11.9 Å². The van der Waals surface area contributed by atoms with Crippen LogP contribution < -0.4 is 10.1 Å². The van der Waals surface area contributed by atoms with Gasteiger partial charge in [-0.2, -0.15) is 4.31 Å². The fraction of sp³-hybridized carbons (Fsp3) is 0.154. The molecule has 34 heavy (non-hydrogen) atoms. The lowest BCUT2D eigenvalue weighted by Crippen LogP contribution is -2.43. The molecule has 3 aromatic carbocycles. The van der Waals surface area contributed by atoms with Crippen molar-refractivity contribution >= 4 is 32.5 Å². The average Bonchev–Trinajstić information content (AvgIpc) is 3.37. The molecule has 0 bridgehead atoms. The van der Waals surface area contributed by atoms with Crippen molar-refractivity contribution in [2.24, 2.45) is 0 Å². The predicted octanol–water partition coefficient (Wildman–Crippen LogP) is 4.82. The molecule has 5 rings (SSSR count). The standard InChI is InChI=1S/C26H23N3O4S/c30-26(28-20-13-15-22(16-14-20)33-21-9-2-1-3-10-21)23-11-6-18-29(23)34(31,32)24-12-4-7-19-8-5-17-27-25(19)24/h1-5,7-10,12-17,23H,6,11,18H2,(H,28,30). The number of carbonyl (C=O) groups excluding carboxylic acids is 1. The number of sulfonamides is 1. The quantitative estimate of drug-likeness (QED) is 0.434. The summed E-state index contributed by atoms with van der Waals surface area (Å²) in [5, 5.41) is 3.59. The first-order valence-corrected chi connectivity index (χ1v) is 12.5. The predicted molar refractivity (Wildman–Crippen MR) is 130 cm³/mol. The van der Waals surface area contributed by atoms with Crippen LogP contribution in [0.1, 0.15) is 12.8 Å². The van der Waals surface area contributed by atoms with Crippen molar-refractivity contribution < 1.29 is 17.9 Å². The molecule has 8 heteroatoms. The number of hydrogen-bond donors (Lipinski definition) is 1. The second-order valence-electron chi connectivity index (χ2n) is 8.03. The second kappa shape index (κ2) is 9.24. The maximum Gasteiger partial charge on any atom is 0.245 e. The fourth-order valence-corrected chi connectivity index (χ4v) is 5.98. The molecular formula is C26H23N3O4S. The zero-order valence-electron chi connectivity index (χ0n) is 18.3. The second-order valence-corrected chi connectivity index (χ2v) is 9.89. The summed E-state index contributed by atoms with van der Waals surface area (Å²) in [5.41, 5.74) is 0.978. The van der Waals surface area contributed by atoms with Gasteiger partial charge in [0.15, 0.2) is 0 Å². The molecule has 1 N–H and O–H groups in total. The first-order valence-electron chi connectivity index (χ1n) is 11.0. The van der Waals surface area contributed by atoms with Crippen molar-refractivity contribution in [3.05, 3.63) is 91.1 Å². The smallest absolute Gasteiger partial charge is 0.245 e. The Balaban J connectivity index is 1.33. The van der Waals surface area contributed by atoms with Gasteiger partial charge < -0.3 is 10.1 Å². The van der Waals surface area contributed by atoms with E-state index < -0.39 is 16.1 Å². The average molecular weight is 474 g/mol. The number of hydrogen-bond acceptors (Lipinski definition) is 5. The van der Waals surface area contributed by atoms with E-state index in [1.165, 1.54) is 4.31 Å². The van der Waals surface area contributed by atoms with Gasteiger partial charge in [0.05, 0.1) is 5.52 Å². The van der Waals surface area contributed by atoms with Gasteiger partial charge in [0.2, 0.25) is 15.9 Å². The minimum Gasteiger partial charge on any atom is -0.457 e. The third-order valence-corrected chi connectivity index (χ3v) is 7.73. The molecule has 7 nitrogen and oxygen atoms in total. The minimum atomic E-state index is -3.90. The molecule has 0 aliphatic carbocycles. The van der Waals surface area contributed by atoms with Crippen LogP contribution in [-0.2, 0) is 14.8 Å². The summed E-state index contributed by atoms with van der Waals surface area (Å²) in [5.74, 6) is 0.998. The largest absolute Gasteiger partial charge is 0.457 e. The SMILES string of the molecule is O=C(Nc1ccc(Oc2ccccc2)cc1)C1CCCN1S(=O)(=O)c1cccc2cccnc12. The van der Waals surface area contributed by atoms with Crippen molar-refractivity contribution in [2.45, 2.75) is 23.8 Å². The lowest BCUT2D eigenvalue weighted by atomic mass is 10.2. The van der Waals surface area contributed by atoms with Crippen LogP contribution in [0.2, 0.25) is 0 Å². The van der Waals surface area contributed by atoms with Crippen LogP contribution in [0, 0.1) is 0 Å². The molecule has 1 atom stereocenters. The Morgan fingerprint density at radius 2 is 1.65 bits per heavy atom. The summed E-state index contributed by atoms with van der Waals surface area (Å²) < 4.78 is 34.1. The topological polar surface area (TPSA) is 88.6 Å². The van der Waals surface area contributed by atoms with Gasteiger partial charge in [-0.3, -0.25) is 9.78 Å². The maximum absolute atomic E-state index is 13.5. The Labute approximate surface area is 198 Å². The number of fused-ring (bicyclic) bond motifs is 1. The van der Waals surface area contributed by atoms with Gasteiger partial charge in [0, 0.05) is 23.8 Å². The van der Waals surface area contributed by atoms with Crippen LogP contribution in [0.15, 0.2) is 96.0 Å². The van der Waals surface area contributed by atoms with Gasteiger partial charge in [-0.05, 0) is 61.4 Å². The number of carbonyl (C=O) groups is 1. The zero-order valence-corrected chi connectivity index (χ0v) is 19.1. The summed E-state index contributed by atoms with van der Waals surface area (Å²) in [6.07, 6.45) is 2.64. The van der Waals surface area contributed by atoms with Crippen molar-refractivity contribution in [1.29, 1.82) is 0 Å². The normalized spacial score (nSPS) is 16.4. The number of para-hydroxylation sites is 2. The number of ether oxygens (including phenoxy) is 1. The van der Waals surface area contributed by atoms with Crippen molar-refractivity contribution in [3.8, 4) is 11.5 Å². The highest BCUT2D eigenvalue weighted by Crippen LogP contribution is 2.30. The van der Waals surface area contributed by atoms with E-state index in [2.05, 4.69) is 10.3 Å². The van der Waals surface area contributed by atoms with Crippen LogP contribution in [0.25, 0.3) is 10.9 Å². The van der Waals surface area contributed by atoms with E-state index in [9.17, 15) is 13.2 Å². The fourth-order valence-electron chi connectivity index (χ4n) is 4.16. The molecule has 0 spiro atoms. The number of aromatic nitrogens is 1. The van der Waals surface area contributed by atoms with Crippen LogP contribution >= 0.6 is 0 Å². The highest BCUT2D eigenvalue weighted by atomic mass is 32.2. The van der Waals surface area contributed by atoms with Crippen molar-refractivity contribution in [3.63, 3.8) is 0 Å². The van der Waals surface area contributed by atoms with E-state index in [1.807, 2.05) is 42.5 Å². The molecule has 0 saturated carbocycles. The molecule has 4 aromatic rings. The first-order chi connectivity index (χ1) is 16.5. The number of benzene rings is 3. The lowest BCUT2D eigenvalue weighted by molar-refractivity contribution is -0.119. The molecule has 1 amide bonds.